The van der Waals surface area contributed by atoms with Gasteiger partial charge in [-0.1, -0.05) is 379 Å². The molecule has 0 spiro atoms. The Morgan fingerprint density at radius 3 is 0.722 bits per heavy atom. The molecule has 0 bridgehead atoms. The van der Waals surface area contributed by atoms with Crippen LogP contribution >= 0.6 is 0 Å². The molecule has 516 valence electrons. The molecule has 5 nitrogen and oxygen atoms in total. The maximum Gasteiger partial charge on any atom is 0.306 e. The Morgan fingerprint density at radius 1 is 0.267 bits per heavy atom. The lowest BCUT2D eigenvalue weighted by molar-refractivity contribution is -0.161. The van der Waals surface area contributed by atoms with Gasteiger partial charge >= 0.3 is 11.9 Å². The van der Waals surface area contributed by atoms with E-state index >= 15 is 0 Å². The summed E-state index contributed by atoms with van der Waals surface area (Å²) in [5, 5.41) is 9.72. The van der Waals surface area contributed by atoms with Crippen molar-refractivity contribution in [2.45, 2.75) is 380 Å². The van der Waals surface area contributed by atoms with Gasteiger partial charge in [-0.25, -0.2) is 0 Å². The molecule has 1 unspecified atom stereocenters. The molecule has 0 aliphatic rings. The van der Waals surface area contributed by atoms with E-state index in [1.165, 1.54) is 244 Å². The van der Waals surface area contributed by atoms with Crippen molar-refractivity contribution in [2.75, 3.05) is 13.2 Å². The average Bonchev–Trinajstić information content (AvgIpc) is 3.59. The number of hydrogen-bond donors (Lipinski definition) is 1. The van der Waals surface area contributed by atoms with Crippen LogP contribution in [0.15, 0.2) is 134 Å². The fourth-order valence-corrected chi connectivity index (χ4v) is 11.2. The summed E-state index contributed by atoms with van der Waals surface area (Å²) in [6.45, 7) is 4.05. The van der Waals surface area contributed by atoms with E-state index in [1.807, 2.05) is 0 Å². The first-order valence-corrected chi connectivity index (χ1v) is 38.7. The number of esters is 2. The summed E-state index contributed by atoms with van der Waals surface area (Å²) in [6.07, 6.45) is 118. The molecule has 0 fully saturated rings. The van der Waals surface area contributed by atoms with E-state index in [-0.39, 0.29) is 25.2 Å². The van der Waals surface area contributed by atoms with Gasteiger partial charge in [0, 0.05) is 12.8 Å². The maximum atomic E-state index is 12.4. The molecule has 0 heterocycles. The van der Waals surface area contributed by atoms with Crippen molar-refractivity contribution >= 4 is 11.9 Å². The molecule has 1 N–H and O–H groups in total. The Kier molecular flexibility index (Phi) is 75.8. The van der Waals surface area contributed by atoms with Gasteiger partial charge in [-0.2, -0.15) is 0 Å². The lowest BCUT2D eigenvalue weighted by atomic mass is 10.0. The molecular formula is C85H146O5. The largest absolute Gasteiger partial charge is 0.462 e. The quantitative estimate of drug-likeness (QED) is 0.0373. The van der Waals surface area contributed by atoms with Crippen LogP contribution in [-0.2, 0) is 19.1 Å². The smallest absolute Gasteiger partial charge is 0.306 e. The number of unbranched alkanes of at least 4 members (excludes halogenated alkanes) is 41. The molecule has 0 aromatic heterocycles. The van der Waals surface area contributed by atoms with Crippen molar-refractivity contribution in [3.05, 3.63) is 134 Å². The van der Waals surface area contributed by atoms with Crippen molar-refractivity contribution in [3.63, 3.8) is 0 Å². The second-order valence-electron chi connectivity index (χ2n) is 25.7. The molecule has 0 saturated heterocycles. The summed E-state index contributed by atoms with van der Waals surface area (Å²) in [7, 11) is 0. The Balaban J connectivity index is 3.47. The van der Waals surface area contributed by atoms with E-state index in [0.29, 0.717) is 12.8 Å². The van der Waals surface area contributed by atoms with E-state index in [2.05, 4.69) is 148 Å². The van der Waals surface area contributed by atoms with E-state index in [0.717, 1.165) is 103 Å². The van der Waals surface area contributed by atoms with Crippen LogP contribution in [0.3, 0.4) is 0 Å². The maximum absolute atomic E-state index is 12.4. The van der Waals surface area contributed by atoms with Gasteiger partial charge in [-0.3, -0.25) is 9.59 Å². The van der Waals surface area contributed by atoms with Gasteiger partial charge < -0.3 is 14.6 Å². The van der Waals surface area contributed by atoms with Gasteiger partial charge in [0.05, 0.1) is 6.61 Å². The number of aliphatic hydroxyl groups is 1. The van der Waals surface area contributed by atoms with Crippen LogP contribution in [0, 0.1) is 0 Å². The number of rotatable bonds is 71. The summed E-state index contributed by atoms with van der Waals surface area (Å²) < 4.78 is 10.8. The molecule has 0 aliphatic heterocycles. The lowest BCUT2D eigenvalue weighted by Crippen LogP contribution is -2.28. The number of allylic oxidation sites excluding steroid dienone is 22. The topological polar surface area (TPSA) is 72.8 Å². The summed E-state index contributed by atoms with van der Waals surface area (Å²) in [5.74, 6) is -0.584. The molecule has 0 aromatic rings. The lowest BCUT2D eigenvalue weighted by Gasteiger charge is -2.15. The molecule has 0 amide bonds. The van der Waals surface area contributed by atoms with Gasteiger partial charge in [0.2, 0.25) is 0 Å². The zero-order chi connectivity index (χ0) is 64.7. The molecule has 0 aliphatic carbocycles. The summed E-state index contributed by atoms with van der Waals surface area (Å²) in [4.78, 5) is 24.7. The van der Waals surface area contributed by atoms with Gasteiger partial charge in [-0.15, -0.1) is 0 Å². The van der Waals surface area contributed by atoms with Crippen LogP contribution in [0.4, 0.5) is 0 Å². The second-order valence-corrected chi connectivity index (χ2v) is 25.7. The van der Waals surface area contributed by atoms with Crippen LogP contribution in [0.2, 0.25) is 0 Å². The zero-order valence-corrected chi connectivity index (χ0v) is 59.4. The number of carbonyl (C=O) groups is 2. The highest BCUT2D eigenvalue weighted by Crippen LogP contribution is 2.18. The molecule has 90 heavy (non-hydrogen) atoms. The summed E-state index contributed by atoms with van der Waals surface area (Å²) in [6, 6.07) is 0. The van der Waals surface area contributed by atoms with Crippen LogP contribution in [0.25, 0.3) is 0 Å². The van der Waals surface area contributed by atoms with Crippen molar-refractivity contribution < 1.29 is 24.2 Å². The molecular weight excluding hydrogens is 1100 g/mol. The zero-order valence-electron chi connectivity index (χ0n) is 59.4. The first kappa shape index (κ1) is 86.0. The van der Waals surface area contributed by atoms with E-state index in [9.17, 15) is 14.7 Å². The van der Waals surface area contributed by atoms with Gasteiger partial charge in [0.25, 0.3) is 0 Å². The highest BCUT2D eigenvalue weighted by Gasteiger charge is 2.16. The molecule has 0 aromatic carbocycles. The molecule has 0 saturated carbocycles. The minimum atomic E-state index is -0.782. The van der Waals surface area contributed by atoms with Crippen LogP contribution in [0.1, 0.15) is 373 Å². The van der Waals surface area contributed by atoms with E-state index in [1.54, 1.807) is 0 Å². The first-order chi connectivity index (χ1) is 44.6. The highest BCUT2D eigenvalue weighted by molar-refractivity contribution is 5.70. The highest BCUT2D eigenvalue weighted by atomic mass is 16.6. The van der Waals surface area contributed by atoms with Gasteiger partial charge in [0.1, 0.15) is 6.61 Å². The molecule has 1 atom stereocenters. The van der Waals surface area contributed by atoms with E-state index < -0.39 is 6.10 Å². The summed E-state index contributed by atoms with van der Waals surface area (Å²) >= 11 is 0. The van der Waals surface area contributed by atoms with E-state index in [4.69, 9.17) is 9.47 Å². The molecule has 0 rings (SSSR count). The Morgan fingerprint density at radius 2 is 0.478 bits per heavy atom. The Bertz CT molecular complexity index is 1800. The predicted molar refractivity (Wildman–Crippen MR) is 398 cm³/mol. The summed E-state index contributed by atoms with van der Waals surface area (Å²) in [5.41, 5.74) is 0. The molecule has 5 heteroatoms. The monoisotopic (exact) mass is 1250 g/mol. The number of hydrogen-bond acceptors (Lipinski definition) is 5. The number of aliphatic hydroxyl groups excluding tert-OH is 1. The predicted octanol–water partition coefficient (Wildman–Crippen LogP) is 27.4. The van der Waals surface area contributed by atoms with Crippen molar-refractivity contribution in [1.29, 1.82) is 0 Å². The van der Waals surface area contributed by atoms with Crippen LogP contribution in [0.5, 0.6) is 0 Å². The number of ether oxygens (including phenoxy) is 2. The Labute approximate surface area is 559 Å². The van der Waals surface area contributed by atoms with Crippen LogP contribution in [-0.4, -0.2) is 36.4 Å². The van der Waals surface area contributed by atoms with Gasteiger partial charge in [0.15, 0.2) is 6.10 Å². The third-order valence-corrected chi connectivity index (χ3v) is 16.9. The minimum absolute atomic E-state index is 0.0689. The van der Waals surface area contributed by atoms with Crippen molar-refractivity contribution in [3.8, 4) is 0 Å². The normalized spacial score (nSPS) is 13.0. The third-order valence-electron chi connectivity index (χ3n) is 16.9. The SMILES string of the molecule is CC/C=C\C/C=C\C/C=C\C/C=C\C/C=C\C/C=C\C/C=C\C/C=C\C/C=C\CCCCCCCCCCCCCC(=O)OC(CO)COC(=O)CCCCCCCCCCCCCCCCCCCCCCCCCCC/C=C\C/C=C\CCCCCCC. The van der Waals surface area contributed by atoms with Crippen molar-refractivity contribution in [2.24, 2.45) is 0 Å². The second kappa shape index (κ2) is 79.3. The standard InChI is InChI=1S/C85H146O5/c1-3-5-7-9-11-13-15-17-19-21-23-25-27-29-31-33-35-37-39-41-42-44-46-48-50-52-54-56-58-60-62-64-66-68-70-72-74-76-78-80-85(88)90-83(81-86)82-89-84(87)79-77-75-73-71-69-67-65-63-61-59-57-55-53-51-49-47-45-43-40-38-36-34-32-30-28-26-24-22-20-18-16-14-12-10-8-6-4-2/h5,7,11,13,16-19,22-25,29,31,35,37,41-42,46,48,52,54,83,86H,3-4,6,8-10,12,14-15,20-21,26-28,30,32-34,36,38-40,43-45,47,49-51,53,55-82H2,1-2H3/b7-5-,13-11-,18-16-,19-17-,24-22-,25-23-,31-29-,37-35-,42-41-,48-46-,54-52-. The third kappa shape index (κ3) is 76.5. The fraction of sp³-hybridized carbons (Fsp3) is 0.718. The minimum Gasteiger partial charge on any atom is -0.462 e. The molecule has 0 radical (unpaired) electrons. The Hall–Kier alpha value is -3.96. The average molecular weight is 1250 g/mol. The number of carbonyl (C=O) groups excluding carboxylic acids is 2. The first-order valence-electron chi connectivity index (χ1n) is 38.7. The van der Waals surface area contributed by atoms with Gasteiger partial charge in [-0.05, 0) is 116 Å². The van der Waals surface area contributed by atoms with Crippen LogP contribution < -0.4 is 0 Å². The fourth-order valence-electron chi connectivity index (χ4n) is 11.2. The van der Waals surface area contributed by atoms with Crippen molar-refractivity contribution in [1.82, 2.24) is 0 Å².